The molecular formula is C22H18Cl2N2O3. The number of amides is 1. The van der Waals surface area contributed by atoms with Crippen LogP contribution in [0.2, 0.25) is 10.0 Å². The van der Waals surface area contributed by atoms with E-state index in [0.717, 1.165) is 5.56 Å². The Morgan fingerprint density at radius 2 is 1.69 bits per heavy atom. The quantitative estimate of drug-likeness (QED) is 0.407. The first kappa shape index (κ1) is 20.7. The molecule has 1 amide bonds. The van der Waals surface area contributed by atoms with Crippen molar-refractivity contribution in [2.24, 2.45) is 5.10 Å². The van der Waals surface area contributed by atoms with Crippen LogP contribution in [0, 0.1) is 0 Å². The predicted molar refractivity (Wildman–Crippen MR) is 115 cm³/mol. The molecule has 0 aromatic heterocycles. The Kier molecular flexibility index (Phi) is 7.11. The Morgan fingerprint density at radius 3 is 2.31 bits per heavy atom. The van der Waals surface area contributed by atoms with Gasteiger partial charge in [0.25, 0.3) is 5.91 Å². The Bertz CT molecular complexity index is 983. The van der Waals surface area contributed by atoms with Gasteiger partial charge < -0.3 is 9.47 Å². The van der Waals surface area contributed by atoms with Crippen LogP contribution < -0.4 is 14.9 Å². The van der Waals surface area contributed by atoms with Crippen LogP contribution in [0.4, 0.5) is 0 Å². The molecule has 0 saturated heterocycles. The van der Waals surface area contributed by atoms with Crippen molar-refractivity contribution in [2.75, 3.05) is 7.11 Å². The second-order valence-corrected chi connectivity index (χ2v) is 6.83. The van der Waals surface area contributed by atoms with Crippen LogP contribution >= 0.6 is 23.2 Å². The predicted octanol–water partition coefficient (Wildman–Crippen LogP) is 5.34. The highest BCUT2D eigenvalue weighted by Crippen LogP contribution is 2.34. The molecule has 0 aliphatic carbocycles. The lowest BCUT2D eigenvalue weighted by atomic mass is 10.2. The van der Waals surface area contributed by atoms with E-state index in [1.54, 1.807) is 43.5 Å². The summed E-state index contributed by atoms with van der Waals surface area (Å²) in [5.74, 6) is 0.726. The van der Waals surface area contributed by atoms with E-state index in [1.807, 2.05) is 30.3 Å². The molecule has 0 saturated carbocycles. The zero-order chi connectivity index (χ0) is 20.6. The van der Waals surface area contributed by atoms with Crippen LogP contribution in [0.25, 0.3) is 0 Å². The number of halogens is 2. The number of hydrogen-bond acceptors (Lipinski definition) is 4. The zero-order valence-electron chi connectivity index (χ0n) is 15.6. The SMILES string of the molecule is COc1ccc(C(=O)N/N=C\c2cc(Cl)c(OCc3ccccc3)c(Cl)c2)cc1. The van der Waals surface area contributed by atoms with Gasteiger partial charge in [-0.3, -0.25) is 4.79 Å². The third kappa shape index (κ3) is 5.73. The number of hydrazone groups is 1. The Labute approximate surface area is 178 Å². The molecule has 1 N–H and O–H groups in total. The van der Waals surface area contributed by atoms with Crippen molar-refractivity contribution in [3.05, 3.63) is 93.5 Å². The molecule has 0 spiro atoms. The summed E-state index contributed by atoms with van der Waals surface area (Å²) in [6, 6.07) is 19.7. The van der Waals surface area contributed by atoms with Gasteiger partial charge in [0, 0.05) is 5.56 Å². The average Bonchev–Trinajstić information content (AvgIpc) is 2.74. The molecule has 0 fully saturated rings. The number of methoxy groups -OCH3 is 1. The number of hydrogen-bond donors (Lipinski definition) is 1. The molecule has 3 aromatic rings. The fourth-order valence-electron chi connectivity index (χ4n) is 2.49. The number of carbonyl (C=O) groups is 1. The topological polar surface area (TPSA) is 59.9 Å². The third-order valence-electron chi connectivity index (χ3n) is 3.98. The summed E-state index contributed by atoms with van der Waals surface area (Å²) in [7, 11) is 1.56. The van der Waals surface area contributed by atoms with Crippen molar-refractivity contribution in [3.63, 3.8) is 0 Å². The monoisotopic (exact) mass is 428 g/mol. The van der Waals surface area contributed by atoms with Gasteiger partial charge in [0.05, 0.1) is 23.4 Å². The first-order chi connectivity index (χ1) is 14.1. The van der Waals surface area contributed by atoms with Crippen LogP contribution in [0.1, 0.15) is 21.5 Å². The first-order valence-electron chi connectivity index (χ1n) is 8.70. The molecule has 0 unspecified atom stereocenters. The van der Waals surface area contributed by atoms with Gasteiger partial charge >= 0.3 is 0 Å². The van der Waals surface area contributed by atoms with E-state index in [-0.39, 0.29) is 5.91 Å². The summed E-state index contributed by atoms with van der Waals surface area (Å²) in [5, 5.41) is 4.67. The van der Waals surface area contributed by atoms with Crippen molar-refractivity contribution in [1.82, 2.24) is 5.43 Å². The number of carbonyl (C=O) groups excluding carboxylic acids is 1. The summed E-state index contributed by atoms with van der Waals surface area (Å²) in [5.41, 5.74) is 4.55. The van der Waals surface area contributed by atoms with Crippen LogP contribution in [-0.2, 0) is 6.61 Å². The van der Waals surface area contributed by atoms with Crippen LogP contribution in [0.3, 0.4) is 0 Å². The minimum Gasteiger partial charge on any atom is -0.497 e. The highest BCUT2D eigenvalue weighted by Gasteiger charge is 2.10. The average molecular weight is 429 g/mol. The molecule has 0 aliphatic rings. The third-order valence-corrected chi connectivity index (χ3v) is 4.54. The molecule has 0 atom stereocenters. The molecule has 0 bridgehead atoms. The molecule has 0 aliphatic heterocycles. The standard InChI is InChI=1S/C22H18Cl2N2O3/c1-28-18-9-7-17(8-10-18)22(27)26-25-13-16-11-19(23)21(20(24)12-16)29-14-15-5-3-2-4-6-15/h2-13H,14H2,1H3,(H,26,27)/b25-13-. The second kappa shape index (κ2) is 9.96. The van der Waals surface area contributed by atoms with E-state index >= 15 is 0 Å². The van der Waals surface area contributed by atoms with E-state index in [9.17, 15) is 4.79 Å². The fourth-order valence-corrected chi connectivity index (χ4v) is 3.11. The fraction of sp³-hybridized carbons (Fsp3) is 0.0909. The number of ether oxygens (including phenoxy) is 2. The second-order valence-electron chi connectivity index (χ2n) is 6.02. The van der Waals surface area contributed by atoms with E-state index in [0.29, 0.717) is 39.3 Å². The molecule has 3 aromatic carbocycles. The van der Waals surface area contributed by atoms with Gasteiger partial charge in [-0.15, -0.1) is 0 Å². The molecule has 7 heteroatoms. The van der Waals surface area contributed by atoms with Gasteiger partial charge in [0.2, 0.25) is 0 Å². The lowest BCUT2D eigenvalue weighted by Crippen LogP contribution is -2.17. The maximum Gasteiger partial charge on any atom is 0.271 e. The lowest BCUT2D eigenvalue weighted by molar-refractivity contribution is 0.0955. The molecule has 3 rings (SSSR count). The normalized spacial score (nSPS) is 10.7. The maximum atomic E-state index is 12.1. The van der Waals surface area contributed by atoms with E-state index in [1.165, 1.54) is 6.21 Å². The summed E-state index contributed by atoms with van der Waals surface area (Å²) in [6.45, 7) is 0.353. The van der Waals surface area contributed by atoms with E-state index in [4.69, 9.17) is 32.7 Å². The summed E-state index contributed by atoms with van der Waals surface area (Å²) >= 11 is 12.6. The van der Waals surface area contributed by atoms with E-state index in [2.05, 4.69) is 10.5 Å². The van der Waals surface area contributed by atoms with Gasteiger partial charge in [0.15, 0.2) is 5.75 Å². The van der Waals surface area contributed by atoms with Crippen molar-refractivity contribution < 1.29 is 14.3 Å². The van der Waals surface area contributed by atoms with Crippen molar-refractivity contribution in [1.29, 1.82) is 0 Å². The zero-order valence-corrected chi connectivity index (χ0v) is 17.1. The van der Waals surface area contributed by atoms with Crippen LogP contribution in [0.15, 0.2) is 71.8 Å². The van der Waals surface area contributed by atoms with Gasteiger partial charge in [-0.2, -0.15) is 5.10 Å². The number of nitrogens with zero attached hydrogens (tertiary/aromatic N) is 1. The molecule has 29 heavy (non-hydrogen) atoms. The van der Waals surface area contributed by atoms with Gasteiger partial charge in [-0.25, -0.2) is 5.43 Å². The van der Waals surface area contributed by atoms with E-state index < -0.39 is 0 Å². The Balaban J connectivity index is 1.62. The summed E-state index contributed by atoms with van der Waals surface area (Å²) in [4.78, 5) is 12.1. The first-order valence-corrected chi connectivity index (χ1v) is 9.45. The molecule has 0 radical (unpaired) electrons. The van der Waals surface area contributed by atoms with Crippen LogP contribution in [0.5, 0.6) is 11.5 Å². The van der Waals surface area contributed by atoms with Crippen LogP contribution in [-0.4, -0.2) is 19.2 Å². The number of nitrogens with one attached hydrogen (secondary N) is 1. The highest BCUT2D eigenvalue weighted by atomic mass is 35.5. The maximum absolute atomic E-state index is 12.1. The summed E-state index contributed by atoms with van der Waals surface area (Å²) in [6.07, 6.45) is 1.46. The minimum atomic E-state index is -0.344. The Hall–Kier alpha value is -3.02. The largest absolute Gasteiger partial charge is 0.497 e. The highest BCUT2D eigenvalue weighted by molar-refractivity contribution is 6.37. The smallest absolute Gasteiger partial charge is 0.271 e. The summed E-state index contributed by atoms with van der Waals surface area (Å²) < 4.78 is 10.8. The molecule has 5 nitrogen and oxygen atoms in total. The van der Waals surface area contributed by atoms with Crippen molar-refractivity contribution in [2.45, 2.75) is 6.61 Å². The Morgan fingerprint density at radius 1 is 1.03 bits per heavy atom. The van der Waals surface area contributed by atoms with Crippen molar-refractivity contribution in [3.8, 4) is 11.5 Å². The molecular weight excluding hydrogens is 411 g/mol. The van der Waals surface area contributed by atoms with Gasteiger partial charge in [0.1, 0.15) is 12.4 Å². The number of rotatable bonds is 7. The van der Waals surface area contributed by atoms with Gasteiger partial charge in [-0.05, 0) is 47.5 Å². The van der Waals surface area contributed by atoms with Crippen molar-refractivity contribution >= 4 is 35.3 Å². The minimum absolute atomic E-state index is 0.344. The molecule has 0 heterocycles. The molecule has 148 valence electrons. The lowest BCUT2D eigenvalue weighted by Gasteiger charge is -2.11. The van der Waals surface area contributed by atoms with Gasteiger partial charge in [-0.1, -0.05) is 53.5 Å². The number of benzene rings is 3.